The Hall–Kier alpha value is -2.50. The molecule has 1 aromatic carbocycles. The highest BCUT2D eigenvalue weighted by Crippen LogP contribution is 2.16. The lowest BCUT2D eigenvalue weighted by Gasteiger charge is -1.98. The van der Waals surface area contributed by atoms with Gasteiger partial charge in [0, 0.05) is 5.56 Å². The van der Waals surface area contributed by atoms with Crippen molar-refractivity contribution in [2.24, 2.45) is 0 Å². The van der Waals surface area contributed by atoms with Crippen molar-refractivity contribution in [3.05, 3.63) is 46.8 Å². The van der Waals surface area contributed by atoms with Gasteiger partial charge in [0.1, 0.15) is 11.3 Å². The normalized spacial score (nSPS) is 10.9. The van der Waals surface area contributed by atoms with Gasteiger partial charge in [-0.3, -0.25) is 4.98 Å². The van der Waals surface area contributed by atoms with E-state index in [-0.39, 0.29) is 11.5 Å². The predicted molar refractivity (Wildman–Crippen MR) is 59.9 cm³/mol. The van der Waals surface area contributed by atoms with Gasteiger partial charge >= 0.3 is 5.69 Å². The zero-order valence-electron chi connectivity index (χ0n) is 8.57. The van der Waals surface area contributed by atoms with E-state index < -0.39 is 0 Å². The number of nitrogens with one attached hydrogen (secondary N) is 2. The molecule has 0 aliphatic carbocycles. The molecule has 5 nitrogen and oxygen atoms in total. The highest BCUT2D eigenvalue weighted by molar-refractivity contribution is 5.71. The first-order valence-corrected chi connectivity index (χ1v) is 4.93. The van der Waals surface area contributed by atoms with Gasteiger partial charge in [-0.1, -0.05) is 0 Å². The van der Waals surface area contributed by atoms with Gasteiger partial charge in [-0.25, -0.2) is 19.2 Å². The largest absolute Gasteiger partial charge is 0.325 e. The van der Waals surface area contributed by atoms with Crippen LogP contribution in [0.3, 0.4) is 0 Å². The van der Waals surface area contributed by atoms with Crippen LogP contribution in [0.2, 0.25) is 0 Å². The maximum atomic E-state index is 12.8. The lowest BCUT2D eigenvalue weighted by molar-refractivity contribution is 0.628. The molecule has 0 bridgehead atoms. The number of imidazole rings is 1. The van der Waals surface area contributed by atoms with Crippen molar-refractivity contribution in [2.75, 3.05) is 0 Å². The summed E-state index contributed by atoms with van der Waals surface area (Å²) in [7, 11) is 0. The number of aromatic amines is 2. The third-order valence-corrected chi connectivity index (χ3v) is 2.37. The van der Waals surface area contributed by atoms with E-state index in [1.54, 1.807) is 12.1 Å². The van der Waals surface area contributed by atoms with Gasteiger partial charge in [0.05, 0.1) is 6.20 Å². The van der Waals surface area contributed by atoms with Crippen molar-refractivity contribution in [1.29, 1.82) is 0 Å². The smallest absolute Gasteiger partial charge is 0.303 e. The van der Waals surface area contributed by atoms with Crippen LogP contribution in [-0.2, 0) is 0 Å². The Morgan fingerprint density at radius 2 is 1.88 bits per heavy atom. The predicted octanol–water partition coefficient (Wildman–Crippen LogP) is 1.45. The Morgan fingerprint density at radius 3 is 2.65 bits per heavy atom. The van der Waals surface area contributed by atoms with Crippen molar-refractivity contribution in [3.8, 4) is 11.4 Å². The molecule has 0 atom stereocenters. The SMILES string of the molecule is O=c1[nH]c2cnc(-c3ccc(F)cc3)nc2[nH]1. The zero-order chi connectivity index (χ0) is 11.8. The number of benzene rings is 1. The van der Waals surface area contributed by atoms with Crippen molar-refractivity contribution < 1.29 is 4.39 Å². The molecule has 3 aromatic rings. The molecule has 17 heavy (non-hydrogen) atoms. The number of nitrogens with zero attached hydrogens (tertiary/aromatic N) is 2. The molecule has 0 spiro atoms. The Bertz CT molecular complexity index is 729. The van der Waals surface area contributed by atoms with Gasteiger partial charge in [-0.05, 0) is 24.3 Å². The van der Waals surface area contributed by atoms with Crippen LogP contribution >= 0.6 is 0 Å². The Labute approximate surface area is 94.4 Å². The summed E-state index contributed by atoms with van der Waals surface area (Å²) in [4.78, 5) is 24.4. The highest BCUT2D eigenvalue weighted by Gasteiger charge is 2.05. The number of rotatable bonds is 1. The maximum absolute atomic E-state index is 12.8. The summed E-state index contributed by atoms with van der Waals surface area (Å²) >= 11 is 0. The minimum atomic E-state index is -0.328. The third-order valence-electron chi connectivity index (χ3n) is 2.37. The van der Waals surface area contributed by atoms with E-state index in [1.165, 1.54) is 18.3 Å². The van der Waals surface area contributed by atoms with Crippen LogP contribution < -0.4 is 5.69 Å². The van der Waals surface area contributed by atoms with Crippen molar-refractivity contribution >= 4 is 11.2 Å². The number of hydrogen-bond acceptors (Lipinski definition) is 3. The molecule has 2 N–H and O–H groups in total. The molecule has 0 unspecified atom stereocenters. The molecule has 0 aliphatic heterocycles. The van der Waals surface area contributed by atoms with E-state index in [4.69, 9.17) is 0 Å². The van der Waals surface area contributed by atoms with Crippen molar-refractivity contribution in [1.82, 2.24) is 19.9 Å². The number of halogens is 1. The molecule has 0 radical (unpaired) electrons. The van der Waals surface area contributed by atoms with E-state index in [0.717, 1.165) is 0 Å². The second kappa shape index (κ2) is 3.51. The standard InChI is InChI=1S/C11H7FN4O/c12-7-3-1-6(2-4-7)9-13-5-8-10(15-9)16-11(17)14-8/h1-5H,(H2,13,14,15,16,17). The first-order valence-electron chi connectivity index (χ1n) is 4.93. The van der Waals surface area contributed by atoms with Crippen LogP contribution in [-0.4, -0.2) is 19.9 Å². The van der Waals surface area contributed by atoms with Gasteiger partial charge < -0.3 is 4.98 Å². The average molecular weight is 230 g/mol. The van der Waals surface area contributed by atoms with Crippen LogP contribution in [0.4, 0.5) is 4.39 Å². The van der Waals surface area contributed by atoms with Gasteiger partial charge in [0.25, 0.3) is 0 Å². The lowest BCUT2D eigenvalue weighted by atomic mass is 10.2. The van der Waals surface area contributed by atoms with Crippen LogP contribution in [0.25, 0.3) is 22.6 Å². The molecule has 3 rings (SSSR count). The summed E-state index contributed by atoms with van der Waals surface area (Å²) in [5, 5.41) is 0. The lowest BCUT2D eigenvalue weighted by Crippen LogP contribution is -1.99. The van der Waals surface area contributed by atoms with Gasteiger partial charge in [0.15, 0.2) is 11.5 Å². The summed E-state index contributed by atoms with van der Waals surface area (Å²) in [6, 6.07) is 5.84. The summed E-state index contributed by atoms with van der Waals surface area (Å²) in [6.45, 7) is 0. The van der Waals surface area contributed by atoms with Crippen LogP contribution in [0.5, 0.6) is 0 Å². The number of aromatic nitrogens is 4. The topological polar surface area (TPSA) is 74.4 Å². The fourth-order valence-corrected chi connectivity index (χ4v) is 1.57. The molecule has 2 aromatic heterocycles. The zero-order valence-corrected chi connectivity index (χ0v) is 8.57. The van der Waals surface area contributed by atoms with Gasteiger partial charge in [0.2, 0.25) is 0 Å². The fraction of sp³-hybridized carbons (Fsp3) is 0. The molecule has 6 heteroatoms. The Kier molecular flexibility index (Phi) is 2.01. The summed E-state index contributed by atoms with van der Waals surface area (Å²) in [6.07, 6.45) is 1.51. The number of H-pyrrole nitrogens is 2. The van der Waals surface area contributed by atoms with E-state index in [2.05, 4.69) is 19.9 Å². The second-order valence-electron chi connectivity index (χ2n) is 3.54. The van der Waals surface area contributed by atoms with Crippen LogP contribution in [0, 0.1) is 5.82 Å². The molecule has 0 fully saturated rings. The summed E-state index contributed by atoms with van der Waals surface area (Å²) in [5.41, 5.74) is 1.34. The first kappa shape index (κ1) is 9.71. The van der Waals surface area contributed by atoms with Crippen molar-refractivity contribution in [3.63, 3.8) is 0 Å². The summed E-state index contributed by atoms with van der Waals surface area (Å²) < 4.78 is 12.8. The molecule has 0 amide bonds. The maximum Gasteiger partial charge on any atom is 0.325 e. The molecule has 2 heterocycles. The van der Waals surface area contributed by atoms with Crippen LogP contribution in [0.15, 0.2) is 35.3 Å². The Morgan fingerprint density at radius 1 is 1.12 bits per heavy atom. The highest BCUT2D eigenvalue weighted by atomic mass is 19.1. The fourth-order valence-electron chi connectivity index (χ4n) is 1.57. The van der Waals surface area contributed by atoms with Gasteiger partial charge in [-0.15, -0.1) is 0 Å². The first-order chi connectivity index (χ1) is 8.22. The molecular formula is C11H7FN4O. The minimum Gasteiger partial charge on any atom is -0.303 e. The van der Waals surface area contributed by atoms with Crippen LogP contribution in [0.1, 0.15) is 0 Å². The van der Waals surface area contributed by atoms with E-state index in [9.17, 15) is 9.18 Å². The minimum absolute atomic E-state index is 0.315. The Balaban J connectivity index is 2.17. The third kappa shape index (κ3) is 1.69. The summed E-state index contributed by atoms with van der Waals surface area (Å²) in [5.74, 6) is 0.123. The number of fused-ring (bicyclic) bond motifs is 1. The molecule has 0 saturated carbocycles. The van der Waals surface area contributed by atoms with Crippen molar-refractivity contribution in [2.45, 2.75) is 0 Å². The molecule has 0 aliphatic rings. The van der Waals surface area contributed by atoms with E-state index >= 15 is 0 Å². The monoisotopic (exact) mass is 230 g/mol. The quantitative estimate of drug-likeness (QED) is 0.664. The molecule has 0 saturated heterocycles. The molecule has 84 valence electrons. The van der Waals surface area contributed by atoms with E-state index in [0.29, 0.717) is 22.6 Å². The average Bonchev–Trinajstić information content (AvgIpc) is 2.69. The molecular weight excluding hydrogens is 223 g/mol. The number of hydrogen-bond donors (Lipinski definition) is 2. The second-order valence-corrected chi connectivity index (χ2v) is 3.54. The van der Waals surface area contributed by atoms with Gasteiger partial charge in [-0.2, -0.15) is 0 Å². The van der Waals surface area contributed by atoms with E-state index in [1.807, 2.05) is 0 Å².